The maximum absolute atomic E-state index is 12.5. The molecule has 0 aromatic heterocycles. The molecule has 0 aliphatic carbocycles. The molecule has 0 heterocycles. The van der Waals surface area contributed by atoms with Crippen molar-refractivity contribution in [1.82, 2.24) is 10.6 Å². The fraction of sp³-hybridized carbons (Fsp3) is 0.812. The second-order valence-electron chi connectivity index (χ2n) is 6.35. The van der Waals surface area contributed by atoms with Gasteiger partial charge < -0.3 is 20.1 Å². The summed E-state index contributed by atoms with van der Waals surface area (Å²) in [5, 5.41) is 5.23. The smallest absolute Gasteiger partial charge is 0.408 e. The van der Waals surface area contributed by atoms with Crippen LogP contribution in [0.4, 0.5) is 4.79 Å². The summed E-state index contributed by atoms with van der Waals surface area (Å²) in [6, 6.07) is -1.49. The van der Waals surface area contributed by atoms with Crippen LogP contribution in [0.25, 0.3) is 0 Å². The van der Waals surface area contributed by atoms with Crippen LogP contribution < -0.4 is 10.6 Å². The molecule has 0 spiro atoms. The minimum absolute atomic E-state index is 0.418. The van der Waals surface area contributed by atoms with Crippen molar-refractivity contribution in [2.45, 2.75) is 64.6 Å². The Morgan fingerprint density at radius 2 is 1.71 bits per heavy atom. The number of alkyl carbamates (subject to hydrolysis) is 1. The van der Waals surface area contributed by atoms with E-state index < -0.39 is 35.7 Å². The molecule has 0 aliphatic heterocycles. The number of nitrogens with one attached hydrogen (secondary N) is 2. The van der Waals surface area contributed by atoms with Crippen LogP contribution in [0, 0.1) is 0 Å². The first-order valence-corrected chi connectivity index (χ1v) is 9.40. The van der Waals surface area contributed by atoms with Crippen molar-refractivity contribution in [3.8, 4) is 0 Å². The van der Waals surface area contributed by atoms with Gasteiger partial charge in [0.25, 0.3) is 0 Å². The van der Waals surface area contributed by atoms with Gasteiger partial charge in [0.2, 0.25) is 5.91 Å². The minimum Gasteiger partial charge on any atom is -0.467 e. The highest BCUT2D eigenvalue weighted by molar-refractivity contribution is 7.98. The van der Waals surface area contributed by atoms with Gasteiger partial charge in [-0.25, -0.2) is 9.59 Å². The molecular weight excluding hydrogens is 332 g/mol. The molecule has 24 heavy (non-hydrogen) atoms. The van der Waals surface area contributed by atoms with E-state index in [4.69, 9.17) is 9.47 Å². The van der Waals surface area contributed by atoms with Gasteiger partial charge in [0.1, 0.15) is 17.7 Å². The van der Waals surface area contributed by atoms with Gasteiger partial charge in [-0.1, -0.05) is 13.3 Å². The number of esters is 1. The standard InChI is InChI=1S/C16H30N2O5S/c1-7-8-12(14(20)22-5)17-13(19)11(9-10-24-6)18-15(21)23-16(2,3)4/h11-12H,7-10H2,1-6H3,(H,17,19)(H,18,21)/t11?,12-/m0/s1. The van der Waals surface area contributed by atoms with Crippen LogP contribution in [0.2, 0.25) is 0 Å². The lowest BCUT2D eigenvalue weighted by molar-refractivity contribution is -0.145. The number of methoxy groups -OCH3 is 1. The Hall–Kier alpha value is -1.44. The first-order chi connectivity index (χ1) is 11.1. The topological polar surface area (TPSA) is 93.7 Å². The number of amides is 2. The zero-order chi connectivity index (χ0) is 18.8. The monoisotopic (exact) mass is 362 g/mol. The first-order valence-electron chi connectivity index (χ1n) is 8.01. The van der Waals surface area contributed by atoms with Crippen molar-refractivity contribution in [3.05, 3.63) is 0 Å². The van der Waals surface area contributed by atoms with Gasteiger partial charge in [-0.05, 0) is 45.6 Å². The molecule has 2 amide bonds. The molecule has 2 atom stereocenters. The molecule has 140 valence electrons. The molecule has 8 heteroatoms. The summed E-state index contributed by atoms with van der Waals surface area (Å²) < 4.78 is 9.89. The maximum atomic E-state index is 12.5. The van der Waals surface area contributed by atoms with E-state index in [1.54, 1.807) is 32.5 Å². The number of ether oxygens (including phenoxy) is 2. The van der Waals surface area contributed by atoms with E-state index in [1.807, 2.05) is 13.2 Å². The van der Waals surface area contributed by atoms with Crippen LogP contribution in [-0.4, -0.2) is 54.8 Å². The highest BCUT2D eigenvalue weighted by atomic mass is 32.2. The largest absolute Gasteiger partial charge is 0.467 e. The maximum Gasteiger partial charge on any atom is 0.408 e. The highest BCUT2D eigenvalue weighted by Crippen LogP contribution is 2.09. The van der Waals surface area contributed by atoms with E-state index >= 15 is 0 Å². The van der Waals surface area contributed by atoms with Crippen LogP contribution in [-0.2, 0) is 19.1 Å². The fourth-order valence-corrected chi connectivity index (χ4v) is 2.38. The SMILES string of the molecule is CCC[C@H](NC(=O)C(CCSC)NC(=O)OC(C)(C)C)C(=O)OC. The van der Waals surface area contributed by atoms with Crippen molar-refractivity contribution in [1.29, 1.82) is 0 Å². The summed E-state index contributed by atoms with van der Waals surface area (Å²) in [5.74, 6) is -0.227. The van der Waals surface area contributed by atoms with Gasteiger partial charge in [-0.2, -0.15) is 11.8 Å². The molecule has 0 aromatic rings. The van der Waals surface area contributed by atoms with E-state index in [-0.39, 0.29) is 0 Å². The van der Waals surface area contributed by atoms with Crippen LogP contribution in [0.5, 0.6) is 0 Å². The lowest BCUT2D eigenvalue weighted by Crippen LogP contribution is -2.52. The van der Waals surface area contributed by atoms with Crippen LogP contribution in [0.1, 0.15) is 47.0 Å². The Morgan fingerprint density at radius 3 is 2.17 bits per heavy atom. The fourth-order valence-electron chi connectivity index (χ4n) is 1.91. The van der Waals surface area contributed by atoms with Gasteiger partial charge in [-0.15, -0.1) is 0 Å². The zero-order valence-electron chi connectivity index (χ0n) is 15.4. The number of hydrogen-bond acceptors (Lipinski definition) is 6. The Labute approximate surface area is 148 Å². The van der Waals surface area contributed by atoms with E-state index in [1.165, 1.54) is 7.11 Å². The van der Waals surface area contributed by atoms with Gasteiger partial charge in [0.05, 0.1) is 7.11 Å². The van der Waals surface area contributed by atoms with Gasteiger partial charge in [-0.3, -0.25) is 4.79 Å². The molecule has 2 N–H and O–H groups in total. The third-order valence-corrected chi connectivity index (χ3v) is 3.64. The molecular formula is C16H30N2O5S. The number of thioether (sulfide) groups is 1. The second kappa shape index (κ2) is 11.2. The quantitative estimate of drug-likeness (QED) is 0.610. The molecule has 0 rings (SSSR count). The molecule has 7 nitrogen and oxygen atoms in total. The van der Waals surface area contributed by atoms with Crippen LogP contribution in [0.3, 0.4) is 0 Å². The van der Waals surface area contributed by atoms with Crippen molar-refractivity contribution in [2.24, 2.45) is 0 Å². The summed E-state index contributed by atoms with van der Waals surface area (Å²) in [4.78, 5) is 36.1. The van der Waals surface area contributed by atoms with Crippen molar-refractivity contribution < 1.29 is 23.9 Å². The number of carbonyl (C=O) groups is 3. The summed E-state index contributed by atoms with van der Waals surface area (Å²) in [5.41, 5.74) is -0.651. The molecule has 0 fully saturated rings. The Balaban J connectivity index is 4.91. The van der Waals surface area contributed by atoms with Crippen molar-refractivity contribution >= 4 is 29.7 Å². The summed E-state index contributed by atoms with van der Waals surface area (Å²) in [6.45, 7) is 7.15. The molecule has 0 radical (unpaired) electrons. The average Bonchev–Trinajstić information content (AvgIpc) is 2.48. The predicted octanol–water partition coefficient (Wildman–Crippen LogP) is 2.09. The zero-order valence-corrected chi connectivity index (χ0v) is 16.2. The first kappa shape index (κ1) is 22.6. The molecule has 0 saturated heterocycles. The second-order valence-corrected chi connectivity index (χ2v) is 7.34. The minimum atomic E-state index is -0.767. The Bertz CT molecular complexity index is 423. The van der Waals surface area contributed by atoms with E-state index in [9.17, 15) is 14.4 Å². The third kappa shape index (κ3) is 9.64. The molecule has 0 bridgehead atoms. The number of carbonyl (C=O) groups excluding carboxylic acids is 3. The molecule has 0 aromatic carbocycles. The van der Waals surface area contributed by atoms with Gasteiger partial charge in [0, 0.05) is 0 Å². The number of hydrogen-bond donors (Lipinski definition) is 2. The predicted molar refractivity (Wildman–Crippen MR) is 95.0 cm³/mol. The van der Waals surface area contributed by atoms with Gasteiger partial charge >= 0.3 is 12.1 Å². The summed E-state index contributed by atoms with van der Waals surface area (Å²) >= 11 is 1.56. The molecule has 1 unspecified atom stereocenters. The number of rotatable bonds is 9. The van der Waals surface area contributed by atoms with E-state index in [0.29, 0.717) is 18.6 Å². The van der Waals surface area contributed by atoms with E-state index in [2.05, 4.69) is 10.6 Å². The van der Waals surface area contributed by atoms with Crippen molar-refractivity contribution in [3.63, 3.8) is 0 Å². The van der Waals surface area contributed by atoms with Crippen LogP contribution in [0.15, 0.2) is 0 Å². The lowest BCUT2D eigenvalue weighted by atomic mass is 10.1. The van der Waals surface area contributed by atoms with Gasteiger partial charge in [0.15, 0.2) is 0 Å². The molecule has 0 aliphatic rings. The Kier molecular flexibility index (Phi) is 10.5. The lowest BCUT2D eigenvalue weighted by Gasteiger charge is -2.24. The third-order valence-electron chi connectivity index (χ3n) is 3.00. The van der Waals surface area contributed by atoms with E-state index in [0.717, 1.165) is 6.42 Å². The summed E-state index contributed by atoms with van der Waals surface area (Å²) in [6.07, 6.45) is 2.88. The normalized spacial score (nSPS) is 13.6. The molecule has 0 saturated carbocycles. The Morgan fingerprint density at radius 1 is 1.08 bits per heavy atom. The average molecular weight is 362 g/mol. The summed E-state index contributed by atoms with van der Waals surface area (Å²) in [7, 11) is 1.28. The highest BCUT2D eigenvalue weighted by Gasteiger charge is 2.28. The van der Waals surface area contributed by atoms with Crippen molar-refractivity contribution in [2.75, 3.05) is 19.1 Å². The van der Waals surface area contributed by atoms with Crippen LogP contribution >= 0.6 is 11.8 Å².